The van der Waals surface area contributed by atoms with Gasteiger partial charge in [0, 0.05) is 36.3 Å². The molecule has 1 saturated heterocycles. The van der Waals surface area contributed by atoms with Crippen LogP contribution >= 0.6 is 0 Å². The van der Waals surface area contributed by atoms with Crippen LogP contribution in [0.5, 0.6) is 0 Å². The van der Waals surface area contributed by atoms with Crippen LogP contribution in [-0.2, 0) is 9.59 Å². The third-order valence-corrected chi connectivity index (χ3v) is 4.20. The van der Waals surface area contributed by atoms with Gasteiger partial charge in [0.05, 0.1) is 10.8 Å². The molecule has 3 amide bonds. The fraction of sp³-hybridized carbons (Fsp3) is 0.167. The van der Waals surface area contributed by atoms with Crippen LogP contribution in [0.3, 0.4) is 0 Å². The molecule has 138 valence electrons. The minimum absolute atomic E-state index is 0.00989. The average molecular weight is 368 g/mol. The molecular formula is C18H16N4O5. The molecule has 2 N–H and O–H groups in total. The maximum Gasteiger partial charge on any atom is 0.269 e. The fourth-order valence-electron chi connectivity index (χ4n) is 2.77. The Morgan fingerprint density at radius 2 is 1.70 bits per heavy atom. The monoisotopic (exact) mass is 368 g/mol. The lowest BCUT2D eigenvalue weighted by Crippen LogP contribution is -2.45. The molecule has 0 bridgehead atoms. The topological polar surface area (TPSA) is 122 Å². The number of carbonyl (C=O) groups is 3. The minimum Gasteiger partial charge on any atom is -0.312 e. The van der Waals surface area contributed by atoms with Gasteiger partial charge in [-0.3, -0.25) is 35.3 Å². The number of non-ortho nitro benzene ring substituents is 1. The Balaban J connectivity index is 1.58. The summed E-state index contributed by atoms with van der Waals surface area (Å²) in [5.41, 5.74) is 5.45. The average Bonchev–Trinajstić information content (AvgIpc) is 3.08. The van der Waals surface area contributed by atoms with E-state index >= 15 is 0 Å². The van der Waals surface area contributed by atoms with E-state index < -0.39 is 22.7 Å². The number of nitrogens with zero attached hydrogens (tertiary/aromatic N) is 2. The molecule has 0 unspecified atom stereocenters. The number of nitro benzene ring substituents is 1. The van der Waals surface area contributed by atoms with E-state index in [0.717, 1.165) is 0 Å². The van der Waals surface area contributed by atoms with Crippen molar-refractivity contribution in [3.8, 4) is 0 Å². The highest BCUT2D eigenvalue weighted by atomic mass is 16.6. The highest BCUT2D eigenvalue weighted by molar-refractivity contribution is 6.01. The van der Waals surface area contributed by atoms with Crippen LogP contribution in [0.4, 0.5) is 11.4 Å². The van der Waals surface area contributed by atoms with Gasteiger partial charge in [-0.15, -0.1) is 0 Å². The van der Waals surface area contributed by atoms with E-state index in [0.29, 0.717) is 11.3 Å². The fourth-order valence-corrected chi connectivity index (χ4v) is 2.77. The summed E-state index contributed by atoms with van der Waals surface area (Å²) in [5, 5.41) is 10.7. The number of nitro groups is 1. The molecular weight excluding hydrogens is 352 g/mol. The molecule has 1 heterocycles. The largest absolute Gasteiger partial charge is 0.312 e. The van der Waals surface area contributed by atoms with Gasteiger partial charge < -0.3 is 4.90 Å². The van der Waals surface area contributed by atoms with Crippen molar-refractivity contribution >= 4 is 29.1 Å². The number of carbonyl (C=O) groups excluding carboxylic acids is 3. The van der Waals surface area contributed by atoms with Crippen molar-refractivity contribution in [2.75, 3.05) is 11.4 Å². The van der Waals surface area contributed by atoms with Gasteiger partial charge in [-0.2, -0.15) is 0 Å². The van der Waals surface area contributed by atoms with E-state index in [-0.39, 0.29) is 24.6 Å². The first kappa shape index (κ1) is 18.1. The van der Waals surface area contributed by atoms with Crippen LogP contribution in [0.15, 0.2) is 54.6 Å². The van der Waals surface area contributed by atoms with Crippen LogP contribution in [0.25, 0.3) is 0 Å². The number of nitrogens with one attached hydrogen (secondary N) is 2. The van der Waals surface area contributed by atoms with Crippen LogP contribution in [0, 0.1) is 16.0 Å². The third-order valence-electron chi connectivity index (χ3n) is 4.20. The van der Waals surface area contributed by atoms with Gasteiger partial charge in [0.15, 0.2) is 0 Å². The first-order valence-electron chi connectivity index (χ1n) is 8.16. The van der Waals surface area contributed by atoms with Crippen molar-refractivity contribution in [3.05, 3.63) is 70.3 Å². The zero-order valence-corrected chi connectivity index (χ0v) is 14.1. The van der Waals surface area contributed by atoms with Gasteiger partial charge in [0.25, 0.3) is 11.6 Å². The van der Waals surface area contributed by atoms with E-state index in [4.69, 9.17) is 0 Å². The zero-order valence-electron chi connectivity index (χ0n) is 14.1. The number of rotatable bonds is 4. The van der Waals surface area contributed by atoms with Gasteiger partial charge in [-0.25, -0.2) is 0 Å². The van der Waals surface area contributed by atoms with Gasteiger partial charge in [0.2, 0.25) is 11.8 Å². The second kappa shape index (κ2) is 7.65. The molecule has 9 heteroatoms. The maximum absolute atomic E-state index is 12.3. The Bertz CT molecular complexity index is 882. The lowest BCUT2D eigenvalue weighted by Gasteiger charge is -2.16. The van der Waals surface area contributed by atoms with Gasteiger partial charge in [-0.05, 0) is 24.3 Å². The van der Waals surface area contributed by atoms with Crippen molar-refractivity contribution in [1.82, 2.24) is 10.9 Å². The van der Waals surface area contributed by atoms with Gasteiger partial charge in [-0.1, -0.05) is 18.2 Å². The number of hydrogen-bond donors (Lipinski definition) is 2. The summed E-state index contributed by atoms with van der Waals surface area (Å²) in [6.07, 6.45) is -0.00989. The molecule has 0 spiro atoms. The highest BCUT2D eigenvalue weighted by Gasteiger charge is 2.35. The maximum atomic E-state index is 12.3. The molecule has 9 nitrogen and oxygen atoms in total. The van der Waals surface area contributed by atoms with Crippen molar-refractivity contribution in [1.29, 1.82) is 0 Å². The molecule has 1 aliphatic rings. The molecule has 0 aliphatic carbocycles. The lowest BCUT2D eigenvalue weighted by molar-refractivity contribution is -0.384. The Kier molecular flexibility index (Phi) is 5.11. The van der Waals surface area contributed by atoms with E-state index in [1.54, 1.807) is 30.3 Å². The summed E-state index contributed by atoms with van der Waals surface area (Å²) in [6.45, 7) is 0.129. The second-order valence-electron chi connectivity index (χ2n) is 5.99. The number of hydrogen-bond acceptors (Lipinski definition) is 5. The van der Waals surface area contributed by atoms with E-state index in [9.17, 15) is 24.5 Å². The first-order chi connectivity index (χ1) is 13.0. The summed E-state index contributed by atoms with van der Waals surface area (Å²) in [7, 11) is 0. The van der Waals surface area contributed by atoms with Crippen molar-refractivity contribution in [2.45, 2.75) is 6.42 Å². The van der Waals surface area contributed by atoms with Gasteiger partial charge in [0.1, 0.15) is 0 Å². The Hall–Kier alpha value is -3.75. The van der Waals surface area contributed by atoms with Crippen LogP contribution in [-0.4, -0.2) is 29.2 Å². The van der Waals surface area contributed by atoms with Crippen LogP contribution in [0.1, 0.15) is 16.8 Å². The van der Waals surface area contributed by atoms with Crippen LogP contribution < -0.4 is 15.8 Å². The smallest absolute Gasteiger partial charge is 0.269 e. The molecule has 3 rings (SSSR count). The molecule has 0 saturated carbocycles. The molecule has 2 aromatic rings. The number of hydrazine groups is 1. The zero-order chi connectivity index (χ0) is 19.4. The predicted octanol–water partition coefficient (Wildman–Crippen LogP) is 1.41. The molecule has 1 fully saturated rings. The van der Waals surface area contributed by atoms with E-state index in [2.05, 4.69) is 10.9 Å². The van der Waals surface area contributed by atoms with Crippen LogP contribution in [0.2, 0.25) is 0 Å². The number of anilines is 1. The van der Waals surface area contributed by atoms with Crippen molar-refractivity contribution in [2.24, 2.45) is 5.92 Å². The normalized spacial score (nSPS) is 16.1. The summed E-state index contributed by atoms with van der Waals surface area (Å²) in [6, 6.07) is 13.9. The van der Waals surface area contributed by atoms with Gasteiger partial charge >= 0.3 is 0 Å². The Morgan fingerprint density at radius 1 is 1.04 bits per heavy atom. The summed E-state index contributed by atoms with van der Waals surface area (Å²) >= 11 is 0. The summed E-state index contributed by atoms with van der Waals surface area (Å²) in [4.78, 5) is 48.0. The Morgan fingerprint density at radius 3 is 2.33 bits per heavy atom. The minimum atomic E-state index is -0.635. The molecule has 1 aliphatic heterocycles. The number of benzene rings is 2. The molecule has 2 aromatic carbocycles. The lowest BCUT2D eigenvalue weighted by atomic mass is 10.1. The quantitative estimate of drug-likeness (QED) is 0.624. The van der Waals surface area contributed by atoms with E-state index in [1.807, 2.05) is 0 Å². The molecule has 27 heavy (non-hydrogen) atoms. The summed E-state index contributed by atoms with van der Waals surface area (Å²) < 4.78 is 0. The highest BCUT2D eigenvalue weighted by Crippen LogP contribution is 2.26. The second-order valence-corrected chi connectivity index (χ2v) is 5.99. The summed E-state index contributed by atoms with van der Waals surface area (Å²) in [5.74, 6) is -1.83. The van der Waals surface area contributed by atoms with E-state index in [1.165, 1.54) is 29.2 Å². The molecule has 0 aromatic heterocycles. The molecule has 0 radical (unpaired) electrons. The SMILES string of the molecule is O=C(NNC(=O)[C@@H]1CC(=O)N(c2ccc([N+](=O)[O-])cc2)C1)c1ccccc1. The third kappa shape index (κ3) is 4.09. The molecule has 1 atom stereocenters. The first-order valence-corrected chi connectivity index (χ1v) is 8.16. The van der Waals surface area contributed by atoms with Crippen molar-refractivity contribution in [3.63, 3.8) is 0 Å². The standard InChI is InChI=1S/C18H16N4O5/c23-16-10-13(11-21(16)14-6-8-15(9-7-14)22(26)27)18(25)20-19-17(24)12-4-2-1-3-5-12/h1-9,13H,10-11H2,(H,19,24)(H,20,25)/t13-/m1/s1. The number of amides is 3. The Labute approximate surface area is 154 Å². The van der Waals surface area contributed by atoms with Crippen molar-refractivity contribution < 1.29 is 19.3 Å². The predicted molar refractivity (Wildman–Crippen MR) is 95.6 cm³/mol.